The van der Waals surface area contributed by atoms with Crippen LogP contribution in [0.3, 0.4) is 0 Å². The molecule has 0 saturated carbocycles. The number of rotatable bonds is 9. The molecule has 0 bridgehead atoms. The van der Waals surface area contributed by atoms with E-state index in [1.165, 1.54) is 6.42 Å². The van der Waals surface area contributed by atoms with Gasteiger partial charge in [-0.05, 0) is 6.42 Å². The molecule has 0 radical (unpaired) electrons. The molecule has 0 rings (SSSR count). The Balaban J connectivity index is -0.000000980. The molecule has 0 N–H and O–H groups in total. The van der Waals surface area contributed by atoms with Crippen molar-refractivity contribution >= 4 is 11.9 Å². The summed E-state index contributed by atoms with van der Waals surface area (Å²) in [6, 6.07) is 0. The van der Waals surface area contributed by atoms with Crippen molar-refractivity contribution in [3.05, 3.63) is 0 Å². The van der Waals surface area contributed by atoms with Gasteiger partial charge in [0.25, 0.3) is 0 Å². The fourth-order valence-corrected chi connectivity index (χ4v) is 1.46. The van der Waals surface area contributed by atoms with E-state index in [0.29, 0.717) is 6.42 Å². The molecule has 0 aliphatic heterocycles. The molecular weight excluding hydrogens is 412 g/mol. The summed E-state index contributed by atoms with van der Waals surface area (Å²) >= 11 is 0. The molecule has 0 unspecified atom stereocenters. The second-order valence-electron chi connectivity index (χ2n) is 3.75. The zero-order chi connectivity index (χ0) is 11.7. The average molecular weight is 430 g/mol. The van der Waals surface area contributed by atoms with E-state index in [0.717, 1.165) is 25.7 Å². The summed E-state index contributed by atoms with van der Waals surface area (Å²) in [5.41, 5.74) is 0. The molecule has 0 aromatic rings. The third kappa shape index (κ3) is 12.7. The van der Waals surface area contributed by atoms with Gasteiger partial charge >= 0.3 is 44.8 Å². The smallest absolute Gasteiger partial charge is 0.549 e. The van der Waals surface area contributed by atoms with E-state index in [4.69, 9.17) is 0 Å². The van der Waals surface area contributed by atoms with E-state index >= 15 is 0 Å². The Morgan fingerprint density at radius 2 is 1.29 bits per heavy atom. The van der Waals surface area contributed by atoms with Crippen LogP contribution in [-0.4, -0.2) is 11.9 Å². The zero-order valence-corrected chi connectivity index (χ0v) is 12.7. The van der Waals surface area contributed by atoms with Crippen LogP contribution in [-0.2, 0) is 54.3 Å². The maximum Gasteiger partial charge on any atom is 1.00 e. The summed E-state index contributed by atoms with van der Waals surface area (Å²) in [7, 11) is 0. The van der Waals surface area contributed by atoms with Crippen LogP contribution >= 0.6 is 0 Å². The van der Waals surface area contributed by atoms with Gasteiger partial charge < -0.3 is 19.8 Å². The second-order valence-corrected chi connectivity index (χ2v) is 3.75. The first kappa shape index (κ1) is 22.6. The van der Waals surface area contributed by atoms with Gasteiger partial charge in [0.2, 0.25) is 0 Å². The van der Waals surface area contributed by atoms with Gasteiger partial charge in [-0.25, -0.2) is 0 Å². The fraction of sp³-hybridized carbons (Fsp3) is 0.818. The van der Waals surface area contributed by atoms with Crippen LogP contribution in [0.1, 0.15) is 51.9 Å². The third-order valence-electron chi connectivity index (χ3n) is 2.42. The molecular formula is C11H18Ag2O4. The summed E-state index contributed by atoms with van der Waals surface area (Å²) in [5.74, 6) is -4.52. The van der Waals surface area contributed by atoms with E-state index in [1.54, 1.807) is 0 Å². The quantitative estimate of drug-likeness (QED) is 0.290. The SMILES string of the molecule is CCCCCCCCC(C(=O)[O-])C(=O)[O-].[Ag+].[Ag+]. The molecule has 0 aliphatic carbocycles. The van der Waals surface area contributed by atoms with Gasteiger partial charge in [0, 0.05) is 5.92 Å². The molecule has 0 fully saturated rings. The van der Waals surface area contributed by atoms with Gasteiger partial charge in [0.05, 0.1) is 11.9 Å². The van der Waals surface area contributed by atoms with E-state index < -0.39 is 17.9 Å². The number of unbranched alkanes of at least 4 members (excludes halogenated alkanes) is 5. The summed E-state index contributed by atoms with van der Waals surface area (Å²) in [6.45, 7) is 2.11. The summed E-state index contributed by atoms with van der Waals surface area (Å²) < 4.78 is 0. The van der Waals surface area contributed by atoms with Crippen molar-refractivity contribution in [2.75, 3.05) is 0 Å². The molecule has 0 amide bonds. The van der Waals surface area contributed by atoms with Crippen molar-refractivity contribution in [1.82, 2.24) is 0 Å². The van der Waals surface area contributed by atoms with Gasteiger partial charge in [0.1, 0.15) is 0 Å². The molecule has 0 saturated heterocycles. The van der Waals surface area contributed by atoms with Gasteiger partial charge in [-0.3, -0.25) is 0 Å². The number of carbonyl (C=O) groups is 2. The number of hydrogen-bond acceptors (Lipinski definition) is 4. The number of aliphatic carboxylic acids is 2. The van der Waals surface area contributed by atoms with Gasteiger partial charge in [-0.15, -0.1) is 0 Å². The van der Waals surface area contributed by atoms with Crippen molar-refractivity contribution < 1.29 is 64.6 Å². The monoisotopic (exact) mass is 428 g/mol. The summed E-state index contributed by atoms with van der Waals surface area (Å²) in [4.78, 5) is 20.8. The van der Waals surface area contributed by atoms with E-state index in [1.807, 2.05) is 0 Å². The third-order valence-corrected chi connectivity index (χ3v) is 2.42. The topological polar surface area (TPSA) is 80.3 Å². The minimum absolute atomic E-state index is 0. The molecule has 17 heavy (non-hydrogen) atoms. The number of carbonyl (C=O) groups excluding carboxylic acids is 2. The molecule has 4 nitrogen and oxygen atoms in total. The van der Waals surface area contributed by atoms with Gasteiger partial charge in [-0.1, -0.05) is 45.4 Å². The molecule has 0 aliphatic rings. The van der Waals surface area contributed by atoms with Crippen LogP contribution < -0.4 is 10.2 Å². The molecule has 0 atom stereocenters. The number of carboxylic acids is 2. The van der Waals surface area contributed by atoms with E-state index in [-0.39, 0.29) is 51.2 Å². The van der Waals surface area contributed by atoms with Crippen LogP contribution in [0.2, 0.25) is 0 Å². The minimum Gasteiger partial charge on any atom is -0.549 e. The van der Waals surface area contributed by atoms with Crippen LogP contribution in [0.4, 0.5) is 0 Å². The first-order valence-electron chi connectivity index (χ1n) is 5.51. The van der Waals surface area contributed by atoms with Crippen molar-refractivity contribution in [2.24, 2.45) is 5.92 Å². The predicted octanol–water partition coefficient (Wildman–Crippen LogP) is -0.152. The van der Waals surface area contributed by atoms with Crippen LogP contribution in [0.25, 0.3) is 0 Å². The Labute approximate surface area is 134 Å². The molecule has 0 heterocycles. The number of hydrogen-bond donors (Lipinski definition) is 0. The van der Waals surface area contributed by atoms with Crippen LogP contribution in [0, 0.1) is 5.92 Å². The summed E-state index contributed by atoms with van der Waals surface area (Å²) in [5, 5.41) is 20.8. The van der Waals surface area contributed by atoms with Crippen molar-refractivity contribution in [1.29, 1.82) is 0 Å². The largest absolute Gasteiger partial charge is 1.00 e. The standard InChI is InChI=1S/C11H20O4.2Ag/c1-2-3-4-5-6-7-8-9(10(12)13)11(14)15;;/h9H,2-8H2,1H3,(H,12,13)(H,14,15);;/q;2*+1/p-2. The Morgan fingerprint density at radius 1 is 0.882 bits per heavy atom. The molecule has 0 aromatic carbocycles. The number of carboxylic acid groups (broad SMARTS) is 2. The normalized spacial score (nSPS) is 9.29. The first-order chi connectivity index (χ1) is 7.09. The Hall–Kier alpha value is 0.421. The molecule has 108 valence electrons. The van der Waals surface area contributed by atoms with Crippen molar-refractivity contribution in [3.63, 3.8) is 0 Å². The second kappa shape index (κ2) is 14.5. The minimum atomic E-state index is -1.54. The fourth-order valence-electron chi connectivity index (χ4n) is 1.46. The van der Waals surface area contributed by atoms with Gasteiger partial charge in [0.15, 0.2) is 0 Å². The Morgan fingerprint density at radius 3 is 1.71 bits per heavy atom. The predicted molar refractivity (Wildman–Crippen MR) is 51.5 cm³/mol. The molecule has 0 spiro atoms. The first-order valence-corrected chi connectivity index (χ1v) is 5.51. The van der Waals surface area contributed by atoms with Crippen LogP contribution in [0.15, 0.2) is 0 Å². The maximum absolute atomic E-state index is 10.4. The molecule has 0 aromatic heterocycles. The molecule has 6 heteroatoms. The van der Waals surface area contributed by atoms with Crippen LogP contribution in [0.5, 0.6) is 0 Å². The van der Waals surface area contributed by atoms with Crippen molar-refractivity contribution in [2.45, 2.75) is 51.9 Å². The Kier molecular flexibility index (Phi) is 19.2. The van der Waals surface area contributed by atoms with Gasteiger partial charge in [-0.2, -0.15) is 0 Å². The average Bonchev–Trinajstić information content (AvgIpc) is 2.15. The Bertz CT molecular complexity index is 196. The maximum atomic E-state index is 10.4. The zero-order valence-electron chi connectivity index (χ0n) is 9.76. The summed E-state index contributed by atoms with van der Waals surface area (Å²) in [6.07, 6.45) is 6.08. The van der Waals surface area contributed by atoms with E-state index in [9.17, 15) is 19.8 Å². The van der Waals surface area contributed by atoms with Crippen molar-refractivity contribution in [3.8, 4) is 0 Å². The van der Waals surface area contributed by atoms with E-state index in [2.05, 4.69) is 6.92 Å².